The fourth-order valence-corrected chi connectivity index (χ4v) is 3.17. The minimum absolute atomic E-state index is 0.0500. The molecule has 2 heterocycles. The zero-order valence-electron chi connectivity index (χ0n) is 13.1. The van der Waals surface area contributed by atoms with Crippen LogP contribution in [0.2, 0.25) is 0 Å². The van der Waals surface area contributed by atoms with Crippen molar-refractivity contribution in [3.8, 4) is 11.5 Å². The third kappa shape index (κ3) is 3.26. The lowest BCUT2D eigenvalue weighted by atomic mass is 10.3. The van der Waals surface area contributed by atoms with Crippen molar-refractivity contribution in [2.75, 3.05) is 24.4 Å². The van der Waals surface area contributed by atoms with Crippen molar-refractivity contribution in [2.24, 2.45) is 0 Å². The van der Waals surface area contributed by atoms with Crippen molar-refractivity contribution in [2.45, 2.75) is 25.1 Å². The predicted molar refractivity (Wildman–Crippen MR) is 86.5 cm³/mol. The molecule has 7 nitrogen and oxygen atoms in total. The van der Waals surface area contributed by atoms with Crippen LogP contribution in [-0.2, 0) is 11.4 Å². The van der Waals surface area contributed by atoms with E-state index in [0.29, 0.717) is 24.5 Å². The van der Waals surface area contributed by atoms with Crippen molar-refractivity contribution in [3.05, 3.63) is 30.1 Å². The lowest BCUT2D eigenvalue weighted by Gasteiger charge is -2.28. The topological polar surface area (TPSA) is 69.5 Å². The van der Waals surface area contributed by atoms with Gasteiger partial charge in [-0.2, -0.15) is 0 Å². The first kappa shape index (κ1) is 15.7. The van der Waals surface area contributed by atoms with E-state index in [4.69, 9.17) is 9.47 Å². The summed E-state index contributed by atoms with van der Waals surface area (Å²) in [6.45, 7) is 2.73. The van der Waals surface area contributed by atoms with Crippen molar-refractivity contribution in [1.82, 2.24) is 14.9 Å². The standard InChI is InChI=1S/C15H18N4O3S/c1-3-14(20)18-7-8-23-15-17-16-13(19(15)18)10-22-12-6-4-5-11(9-12)21-2/h4-6,9H,3,7-8,10H2,1-2H3. The van der Waals surface area contributed by atoms with E-state index in [1.54, 1.807) is 34.6 Å². The second-order valence-electron chi connectivity index (χ2n) is 4.90. The monoisotopic (exact) mass is 334 g/mol. The molecule has 0 aliphatic carbocycles. The molecule has 1 aromatic heterocycles. The van der Waals surface area contributed by atoms with E-state index in [1.807, 2.05) is 25.1 Å². The first-order valence-corrected chi connectivity index (χ1v) is 8.36. The SMILES string of the molecule is CCC(=O)N1CCSc2nnc(COc3cccc(OC)c3)n21. The molecule has 0 atom stereocenters. The quantitative estimate of drug-likeness (QED) is 0.831. The number of rotatable bonds is 5. The highest BCUT2D eigenvalue weighted by Gasteiger charge is 2.26. The van der Waals surface area contributed by atoms with Crippen LogP contribution in [0, 0.1) is 0 Å². The van der Waals surface area contributed by atoms with Gasteiger partial charge in [-0.1, -0.05) is 24.8 Å². The van der Waals surface area contributed by atoms with Gasteiger partial charge in [-0.05, 0) is 12.1 Å². The number of hydrogen-bond acceptors (Lipinski definition) is 6. The number of carbonyl (C=O) groups excluding carboxylic acids is 1. The Kier molecular flexibility index (Phi) is 4.71. The van der Waals surface area contributed by atoms with Gasteiger partial charge in [-0.15, -0.1) is 10.2 Å². The molecule has 8 heteroatoms. The van der Waals surface area contributed by atoms with E-state index >= 15 is 0 Å². The van der Waals surface area contributed by atoms with Crippen LogP contribution in [0.1, 0.15) is 19.2 Å². The molecule has 1 aromatic carbocycles. The molecule has 0 unspecified atom stereocenters. The number of fused-ring (bicyclic) bond motifs is 1. The van der Waals surface area contributed by atoms with Gasteiger partial charge in [-0.25, -0.2) is 9.69 Å². The van der Waals surface area contributed by atoms with Crippen molar-refractivity contribution in [3.63, 3.8) is 0 Å². The van der Waals surface area contributed by atoms with E-state index < -0.39 is 0 Å². The maximum absolute atomic E-state index is 12.1. The van der Waals surface area contributed by atoms with E-state index in [1.165, 1.54) is 0 Å². The van der Waals surface area contributed by atoms with E-state index in [0.717, 1.165) is 16.7 Å². The highest BCUT2D eigenvalue weighted by molar-refractivity contribution is 7.99. The molecule has 3 rings (SSSR count). The minimum Gasteiger partial charge on any atom is -0.497 e. The number of nitrogens with zero attached hydrogens (tertiary/aromatic N) is 4. The Labute approximate surface area is 138 Å². The number of hydrogen-bond donors (Lipinski definition) is 0. The van der Waals surface area contributed by atoms with Crippen molar-refractivity contribution >= 4 is 17.7 Å². The molecule has 0 radical (unpaired) electrons. The molecule has 0 saturated heterocycles. The predicted octanol–water partition coefficient (Wildman–Crippen LogP) is 1.85. The zero-order chi connectivity index (χ0) is 16.2. The highest BCUT2D eigenvalue weighted by atomic mass is 32.2. The number of benzene rings is 1. The maximum atomic E-state index is 12.1. The summed E-state index contributed by atoms with van der Waals surface area (Å²) in [5, 5.41) is 10.7. The summed E-state index contributed by atoms with van der Waals surface area (Å²) < 4.78 is 12.7. The molecule has 2 aromatic rings. The van der Waals surface area contributed by atoms with Gasteiger partial charge in [0, 0.05) is 18.2 Å². The molecule has 0 spiro atoms. The third-order valence-electron chi connectivity index (χ3n) is 3.45. The van der Waals surface area contributed by atoms with E-state index in [2.05, 4.69) is 10.2 Å². The number of ether oxygens (including phenoxy) is 2. The average Bonchev–Trinajstić information content (AvgIpc) is 3.02. The third-order valence-corrected chi connectivity index (χ3v) is 4.35. The summed E-state index contributed by atoms with van der Waals surface area (Å²) >= 11 is 1.59. The molecule has 1 aliphatic rings. The smallest absolute Gasteiger partial charge is 0.241 e. The summed E-state index contributed by atoms with van der Waals surface area (Å²) in [6.07, 6.45) is 0.443. The normalized spacial score (nSPS) is 13.6. The molecule has 0 saturated carbocycles. The van der Waals surface area contributed by atoms with Gasteiger partial charge in [0.2, 0.25) is 11.1 Å². The Balaban J connectivity index is 1.79. The largest absolute Gasteiger partial charge is 0.497 e. The van der Waals surface area contributed by atoms with Crippen LogP contribution < -0.4 is 14.5 Å². The van der Waals surface area contributed by atoms with Crippen LogP contribution in [0.4, 0.5) is 0 Å². The number of aromatic nitrogens is 3. The Bertz CT molecular complexity index is 704. The highest BCUT2D eigenvalue weighted by Crippen LogP contribution is 2.24. The molecule has 0 N–H and O–H groups in total. The van der Waals surface area contributed by atoms with Crippen LogP contribution in [0.25, 0.3) is 0 Å². The van der Waals surface area contributed by atoms with Crippen molar-refractivity contribution in [1.29, 1.82) is 0 Å². The summed E-state index contributed by atoms with van der Waals surface area (Å²) in [4.78, 5) is 12.1. The molecule has 1 amide bonds. The van der Waals surface area contributed by atoms with Gasteiger partial charge in [-0.3, -0.25) is 4.79 Å². The first-order chi connectivity index (χ1) is 11.2. The number of carbonyl (C=O) groups is 1. The van der Waals surface area contributed by atoms with Gasteiger partial charge in [0.25, 0.3) is 0 Å². The maximum Gasteiger partial charge on any atom is 0.241 e. The van der Waals surface area contributed by atoms with Crippen molar-refractivity contribution < 1.29 is 14.3 Å². The van der Waals surface area contributed by atoms with Gasteiger partial charge in [0.15, 0.2) is 5.82 Å². The molecule has 122 valence electrons. The fraction of sp³-hybridized carbons (Fsp3) is 0.400. The molecule has 0 bridgehead atoms. The Hall–Kier alpha value is -2.22. The lowest BCUT2D eigenvalue weighted by molar-refractivity contribution is -0.120. The van der Waals surface area contributed by atoms with E-state index in [9.17, 15) is 4.79 Å². The van der Waals surface area contributed by atoms with Gasteiger partial charge in [0.05, 0.1) is 13.7 Å². The van der Waals surface area contributed by atoms with Crippen LogP contribution in [0.5, 0.6) is 11.5 Å². The number of amides is 1. The summed E-state index contributed by atoms with van der Waals surface area (Å²) in [5.41, 5.74) is 0. The second-order valence-corrected chi connectivity index (χ2v) is 5.96. The zero-order valence-corrected chi connectivity index (χ0v) is 13.9. The van der Waals surface area contributed by atoms with Crippen LogP contribution in [-0.4, -0.2) is 40.2 Å². The number of thioether (sulfide) groups is 1. The van der Waals surface area contributed by atoms with Crippen LogP contribution >= 0.6 is 11.8 Å². The molecular formula is C15H18N4O3S. The van der Waals surface area contributed by atoms with Gasteiger partial charge >= 0.3 is 0 Å². The van der Waals surface area contributed by atoms with Gasteiger partial charge in [0.1, 0.15) is 18.1 Å². The summed E-state index contributed by atoms with van der Waals surface area (Å²) in [5.74, 6) is 2.88. The second kappa shape index (κ2) is 6.91. The van der Waals surface area contributed by atoms with Crippen LogP contribution in [0.3, 0.4) is 0 Å². The molecule has 1 aliphatic heterocycles. The molecular weight excluding hydrogens is 316 g/mol. The Morgan fingerprint density at radius 2 is 2.17 bits per heavy atom. The summed E-state index contributed by atoms with van der Waals surface area (Å²) in [6, 6.07) is 7.36. The lowest BCUT2D eigenvalue weighted by Crippen LogP contribution is -2.45. The molecule has 23 heavy (non-hydrogen) atoms. The first-order valence-electron chi connectivity index (χ1n) is 7.37. The minimum atomic E-state index is 0.0500. The Morgan fingerprint density at radius 1 is 1.35 bits per heavy atom. The average molecular weight is 334 g/mol. The fourth-order valence-electron chi connectivity index (χ4n) is 2.30. The Morgan fingerprint density at radius 3 is 2.96 bits per heavy atom. The summed E-state index contributed by atoms with van der Waals surface area (Å²) in [7, 11) is 1.61. The molecule has 0 fully saturated rings. The van der Waals surface area contributed by atoms with E-state index in [-0.39, 0.29) is 12.5 Å². The number of methoxy groups -OCH3 is 1. The van der Waals surface area contributed by atoms with Gasteiger partial charge < -0.3 is 9.47 Å². The van der Waals surface area contributed by atoms with Crippen LogP contribution in [0.15, 0.2) is 29.4 Å².